The highest BCUT2D eigenvalue weighted by Gasteiger charge is 2.43. The number of halogens is 1. The van der Waals surface area contributed by atoms with E-state index >= 15 is 0 Å². The van der Waals surface area contributed by atoms with Gasteiger partial charge in [-0.1, -0.05) is 58.4 Å². The van der Waals surface area contributed by atoms with Crippen molar-refractivity contribution < 1.29 is 18.0 Å². The second-order valence-corrected chi connectivity index (χ2v) is 10.6. The molecule has 1 unspecified atom stereocenters. The number of nitrogens with zero attached hydrogens (tertiary/aromatic N) is 2. The highest BCUT2D eigenvalue weighted by molar-refractivity contribution is 9.10. The molecule has 0 spiro atoms. The number of aromatic amines is 1. The zero-order valence-electron chi connectivity index (χ0n) is 18.4. The molecule has 0 aliphatic carbocycles. The third-order valence-electron chi connectivity index (χ3n) is 5.70. The van der Waals surface area contributed by atoms with E-state index in [0.29, 0.717) is 17.1 Å². The zero-order valence-corrected chi connectivity index (χ0v) is 20.8. The van der Waals surface area contributed by atoms with Crippen LogP contribution in [0.15, 0.2) is 88.2 Å². The van der Waals surface area contributed by atoms with Crippen LogP contribution >= 0.6 is 15.9 Å². The van der Waals surface area contributed by atoms with Gasteiger partial charge in [0.15, 0.2) is 0 Å². The lowest BCUT2D eigenvalue weighted by Gasteiger charge is -2.26. The molecule has 35 heavy (non-hydrogen) atoms. The Bertz CT molecular complexity index is 1530. The number of rotatable bonds is 5. The Hall–Kier alpha value is -3.76. The SMILES string of the molecule is CC(=O)NS(=O)(=O)c1ccc(N2C(=O)c3[nH]nc(-c4ccc(Br)cc4)c3C2c2ccccc2)cc1. The van der Waals surface area contributed by atoms with Crippen molar-refractivity contribution in [3.8, 4) is 11.3 Å². The minimum Gasteiger partial charge on any atom is -0.295 e. The van der Waals surface area contributed by atoms with Gasteiger partial charge in [-0.05, 0) is 42.0 Å². The van der Waals surface area contributed by atoms with Gasteiger partial charge in [0.25, 0.3) is 15.9 Å². The molecule has 5 rings (SSSR count). The Morgan fingerprint density at radius 3 is 2.29 bits per heavy atom. The topological polar surface area (TPSA) is 112 Å². The molecule has 3 aromatic carbocycles. The third-order valence-corrected chi connectivity index (χ3v) is 7.68. The predicted octanol–water partition coefficient (Wildman–Crippen LogP) is 4.41. The Balaban J connectivity index is 1.62. The largest absolute Gasteiger partial charge is 0.295 e. The van der Waals surface area contributed by atoms with Crippen LogP contribution in [0.2, 0.25) is 0 Å². The summed E-state index contributed by atoms with van der Waals surface area (Å²) >= 11 is 3.45. The lowest BCUT2D eigenvalue weighted by molar-refractivity contribution is -0.117. The molecule has 4 aromatic rings. The zero-order chi connectivity index (χ0) is 24.7. The Labute approximate surface area is 210 Å². The Morgan fingerprint density at radius 1 is 1.00 bits per heavy atom. The molecule has 1 aliphatic rings. The summed E-state index contributed by atoms with van der Waals surface area (Å²) < 4.78 is 27.6. The lowest BCUT2D eigenvalue weighted by Crippen LogP contribution is -2.30. The van der Waals surface area contributed by atoms with Gasteiger partial charge in [-0.2, -0.15) is 5.10 Å². The van der Waals surface area contributed by atoms with E-state index in [1.165, 1.54) is 12.1 Å². The summed E-state index contributed by atoms with van der Waals surface area (Å²) in [4.78, 5) is 26.4. The number of fused-ring (bicyclic) bond motifs is 1. The van der Waals surface area contributed by atoms with Crippen LogP contribution in [-0.4, -0.2) is 30.4 Å². The molecule has 0 fully saturated rings. The standard InChI is InChI=1S/C25H19BrN4O4S/c1-15(31)29-35(33,34)20-13-11-19(12-14-20)30-24(17-5-3-2-4-6-17)21-22(27-28-23(21)25(30)32)16-7-9-18(26)10-8-16/h2-14,24H,1H3,(H,27,28)(H,29,31). The molecule has 2 amide bonds. The van der Waals surface area contributed by atoms with Crippen molar-refractivity contribution in [3.05, 3.63) is 100 Å². The van der Waals surface area contributed by atoms with Crippen molar-refractivity contribution in [2.45, 2.75) is 17.9 Å². The van der Waals surface area contributed by atoms with Gasteiger partial charge in [0.05, 0.1) is 16.6 Å². The van der Waals surface area contributed by atoms with Crippen LogP contribution < -0.4 is 9.62 Å². The van der Waals surface area contributed by atoms with Crippen LogP contribution in [0, 0.1) is 0 Å². The summed E-state index contributed by atoms with van der Waals surface area (Å²) in [7, 11) is -3.99. The van der Waals surface area contributed by atoms with Crippen LogP contribution in [-0.2, 0) is 14.8 Å². The molecule has 10 heteroatoms. The molecule has 0 radical (unpaired) electrons. The highest BCUT2D eigenvalue weighted by Crippen LogP contribution is 2.45. The number of benzene rings is 3. The molecular weight excluding hydrogens is 532 g/mol. The summed E-state index contributed by atoms with van der Waals surface area (Å²) in [5, 5.41) is 7.37. The number of H-pyrrole nitrogens is 1. The molecule has 1 aliphatic heterocycles. The van der Waals surface area contributed by atoms with E-state index in [0.717, 1.165) is 28.1 Å². The van der Waals surface area contributed by atoms with Crippen molar-refractivity contribution in [1.29, 1.82) is 0 Å². The second-order valence-electron chi connectivity index (χ2n) is 8.01. The van der Waals surface area contributed by atoms with Gasteiger partial charge in [-0.15, -0.1) is 0 Å². The molecule has 0 bridgehead atoms. The van der Waals surface area contributed by atoms with Gasteiger partial charge < -0.3 is 0 Å². The fourth-order valence-electron chi connectivity index (χ4n) is 4.23. The molecule has 0 saturated carbocycles. The number of anilines is 1. The summed E-state index contributed by atoms with van der Waals surface area (Å²) in [6, 6.07) is 22.6. The summed E-state index contributed by atoms with van der Waals surface area (Å²) in [6.45, 7) is 1.13. The fourth-order valence-corrected chi connectivity index (χ4v) is 5.48. The van der Waals surface area contributed by atoms with Crippen molar-refractivity contribution in [2.24, 2.45) is 0 Å². The molecule has 2 heterocycles. The molecule has 1 atom stereocenters. The number of hydrogen-bond acceptors (Lipinski definition) is 5. The molecule has 2 N–H and O–H groups in total. The molecule has 1 aromatic heterocycles. The summed E-state index contributed by atoms with van der Waals surface area (Å²) in [5.41, 5.74) is 4.05. The number of hydrogen-bond donors (Lipinski definition) is 2. The second kappa shape index (κ2) is 8.79. The number of amides is 2. The first-order valence-corrected chi connectivity index (χ1v) is 12.9. The number of sulfonamides is 1. The third kappa shape index (κ3) is 4.15. The first-order chi connectivity index (χ1) is 16.8. The maximum absolute atomic E-state index is 13.6. The van der Waals surface area contributed by atoms with Crippen LogP contribution in [0.3, 0.4) is 0 Å². The van der Waals surface area contributed by atoms with Crippen LogP contribution in [0.5, 0.6) is 0 Å². The number of carbonyl (C=O) groups excluding carboxylic acids is 2. The highest BCUT2D eigenvalue weighted by atomic mass is 79.9. The molecule has 8 nitrogen and oxygen atoms in total. The normalized spacial score (nSPS) is 15.2. The minimum atomic E-state index is -3.99. The molecule has 0 saturated heterocycles. The van der Waals surface area contributed by atoms with E-state index in [1.807, 2.05) is 59.3 Å². The van der Waals surface area contributed by atoms with Crippen molar-refractivity contribution >= 4 is 43.5 Å². The average Bonchev–Trinajstić information content (AvgIpc) is 3.38. The Morgan fingerprint density at radius 2 is 1.66 bits per heavy atom. The van der Waals surface area contributed by atoms with Gasteiger partial charge >= 0.3 is 0 Å². The van der Waals surface area contributed by atoms with Crippen molar-refractivity contribution in [2.75, 3.05) is 4.90 Å². The van der Waals surface area contributed by atoms with Gasteiger partial charge in [0, 0.05) is 28.2 Å². The smallest absolute Gasteiger partial charge is 0.277 e. The van der Waals surface area contributed by atoms with E-state index < -0.39 is 22.0 Å². The lowest BCUT2D eigenvalue weighted by atomic mass is 9.96. The maximum Gasteiger partial charge on any atom is 0.277 e. The first-order valence-electron chi connectivity index (χ1n) is 10.6. The number of aromatic nitrogens is 2. The van der Waals surface area contributed by atoms with Gasteiger partial charge in [0.1, 0.15) is 5.69 Å². The van der Waals surface area contributed by atoms with Gasteiger partial charge in [-0.3, -0.25) is 19.6 Å². The average molecular weight is 551 g/mol. The molecule has 176 valence electrons. The number of carbonyl (C=O) groups is 2. The monoisotopic (exact) mass is 550 g/mol. The maximum atomic E-state index is 13.6. The Kier molecular flexibility index (Phi) is 5.78. The van der Waals surface area contributed by atoms with Crippen LogP contribution in [0.25, 0.3) is 11.3 Å². The van der Waals surface area contributed by atoms with E-state index in [-0.39, 0.29) is 10.8 Å². The summed E-state index contributed by atoms with van der Waals surface area (Å²) in [6.07, 6.45) is 0. The van der Waals surface area contributed by atoms with E-state index in [1.54, 1.807) is 17.0 Å². The van der Waals surface area contributed by atoms with Crippen molar-refractivity contribution in [1.82, 2.24) is 14.9 Å². The molecular formula is C25H19BrN4O4S. The van der Waals surface area contributed by atoms with Crippen molar-refractivity contribution in [3.63, 3.8) is 0 Å². The van der Waals surface area contributed by atoms with Crippen LogP contribution in [0.4, 0.5) is 5.69 Å². The van der Waals surface area contributed by atoms with E-state index in [2.05, 4.69) is 26.1 Å². The minimum absolute atomic E-state index is 0.0740. The van der Waals surface area contributed by atoms with E-state index in [9.17, 15) is 18.0 Å². The first kappa shape index (κ1) is 23.0. The quantitative estimate of drug-likeness (QED) is 0.382. The number of nitrogens with one attached hydrogen (secondary N) is 2. The predicted molar refractivity (Wildman–Crippen MR) is 134 cm³/mol. The van der Waals surface area contributed by atoms with Gasteiger partial charge in [-0.25, -0.2) is 13.1 Å². The van der Waals surface area contributed by atoms with Crippen LogP contribution in [0.1, 0.15) is 34.6 Å². The summed E-state index contributed by atoms with van der Waals surface area (Å²) in [5.74, 6) is -0.957. The fraction of sp³-hybridized carbons (Fsp3) is 0.0800. The van der Waals surface area contributed by atoms with Gasteiger partial charge in [0.2, 0.25) is 5.91 Å². The van der Waals surface area contributed by atoms with E-state index in [4.69, 9.17) is 0 Å².